The molecule has 1 aromatic heterocycles. The smallest absolute Gasteiger partial charge is 0.271 e. The van der Waals surface area contributed by atoms with Gasteiger partial charge in [-0.25, -0.2) is 17.2 Å². The lowest BCUT2D eigenvalue weighted by atomic mass is 10.2. The van der Waals surface area contributed by atoms with Gasteiger partial charge in [-0.05, 0) is 35.6 Å². The van der Waals surface area contributed by atoms with Crippen LogP contribution in [0.3, 0.4) is 0 Å². The molecule has 20 heavy (non-hydrogen) atoms. The lowest BCUT2D eigenvalue weighted by Crippen LogP contribution is -2.13. The molecule has 3 N–H and O–H groups in total. The maximum absolute atomic E-state index is 13.6. The molecule has 0 radical (unpaired) electrons. The minimum atomic E-state index is -3.95. The molecule has 0 unspecified atom stereocenters. The Morgan fingerprint density at radius 3 is 2.55 bits per heavy atom. The highest BCUT2D eigenvalue weighted by Gasteiger charge is 2.19. The Morgan fingerprint density at radius 1 is 1.25 bits per heavy atom. The highest BCUT2D eigenvalue weighted by Crippen LogP contribution is 2.25. The summed E-state index contributed by atoms with van der Waals surface area (Å²) in [5.41, 5.74) is 5.74. The number of anilines is 1. The Labute approximate surface area is 119 Å². The minimum Gasteiger partial charge on any atom is -0.326 e. The first-order valence-corrected chi connectivity index (χ1v) is 7.95. The fourth-order valence-corrected chi connectivity index (χ4v) is 3.80. The molecule has 1 heterocycles. The van der Waals surface area contributed by atoms with E-state index in [1.165, 1.54) is 13.0 Å². The average molecular weight is 318 g/mol. The Bertz CT molecular complexity index is 742. The maximum Gasteiger partial charge on any atom is 0.271 e. The van der Waals surface area contributed by atoms with Gasteiger partial charge >= 0.3 is 0 Å². The SMILES string of the molecule is Cc1cc(F)c(NS(=O)(=O)c2cc(CN)cs2)cc1F. The topological polar surface area (TPSA) is 72.2 Å². The van der Waals surface area contributed by atoms with Crippen molar-refractivity contribution in [3.63, 3.8) is 0 Å². The van der Waals surface area contributed by atoms with Gasteiger partial charge in [0.25, 0.3) is 10.0 Å². The van der Waals surface area contributed by atoms with E-state index >= 15 is 0 Å². The Kier molecular flexibility index (Phi) is 4.07. The molecule has 2 rings (SSSR count). The van der Waals surface area contributed by atoms with Crippen LogP contribution in [-0.4, -0.2) is 8.42 Å². The van der Waals surface area contributed by atoms with Crippen molar-refractivity contribution in [3.8, 4) is 0 Å². The largest absolute Gasteiger partial charge is 0.326 e. The van der Waals surface area contributed by atoms with Crippen molar-refractivity contribution >= 4 is 27.0 Å². The molecular formula is C12H12F2N2O2S2. The Hall–Kier alpha value is -1.51. The number of thiophene rings is 1. The molecular weight excluding hydrogens is 306 g/mol. The molecule has 0 aliphatic carbocycles. The fourth-order valence-electron chi connectivity index (χ4n) is 1.52. The van der Waals surface area contributed by atoms with Crippen molar-refractivity contribution in [1.82, 2.24) is 0 Å². The Balaban J connectivity index is 2.35. The number of nitrogens with one attached hydrogen (secondary N) is 1. The molecule has 1 aromatic carbocycles. The van der Waals surface area contributed by atoms with Gasteiger partial charge < -0.3 is 5.73 Å². The summed E-state index contributed by atoms with van der Waals surface area (Å²) in [7, 11) is -3.95. The first kappa shape index (κ1) is 14.9. The second-order valence-corrected chi connectivity index (χ2v) is 6.99. The van der Waals surface area contributed by atoms with Crippen LogP contribution < -0.4 is 10.5 Å². The van der Waals surface area contributed by atoms with Gasteiger partial charge in [-0.1, -0.05) is 0 Å². The van der Waals surface area contributed by atoms with Gasteiger partial charge in [0.15, 0.2) is 0 Å². The van der Waals surface area contributed by atoms with Gasteiger partial charge in [0, 0.05) is 12.6 Å². The van der Waals surface area contributed by atoms with Crippen LogP contribution in [0, 0.1) is 18.6 Å². The van der Waals surface area contributed by atoms with E-state index in [-0.39, 0.29) is 16.3 Å². The predicted octanol–water partition coefficient (Wildman–Crippen LogP) is 2.59. The van der Waals surface area contributed by atoms with Gasteiger partial charge in [0.1, 0.15) is 15.8 Å². The van der Waals surface area contributed by atoms with E-state index in [9.17, 15) is 17.2 Å². The van der Waals surface area contributed by atoms with Gasteiger partial charge in [0.2, 0.25) is 0 Å². The zero-order valence-electron chi connectivity index (χ0n) is 10.5. The van der Waals surface area contributed by atoms with E-state index in [4.69, 9.17) is 5.73 Å². The second-order valence-electron chi connectivity index (χ2n) is 4.16. The lowest BCUT2D eigenvalue weighted by molar-refractivity contribution is 0.591. The molecule has 0 saturated carbocycles. The minimum absolute atomic E-state index is 0.00154. The summed E-state index contributed by atoms with van der Waals surface area (Å²) in [6.07, 6.45) is 0. The van der Waals surface area contributed by atoms with Crippen LogP contribution in [0.1, 0.15) is 11.1 Å². The van der Waals surface area contributed by atoms with Crippen LogP contribution in [0.25, 0.3) is 0 Å². The number of halogens is 2. The van der Waals surface area contributed by atoms with Crippen molar-refractivity contribution in [3.05, 3.63) is 46.3 Å². The third-order valence-electron chi connectivity index (χ3n) is 2.62. The molecule has 0 fully saturated rings. The maximum atomic E-state index is 13.6. The van der Waals surface area contributed by atoms with Gasteiger partial charge in [0.05, 0.1) is 5.69 Å². The second kappa shape index (κ2) is 5.47. The monoisotopic (exact) mass is 318 g/mol. The molecule has 0 atom stereocenters. The van der Waals surface area contributed by atoms with E-state index in [1.54, 1.807) is 5.38 Å². The molecule has 0 saturated heterocycles. The summed E-state index contributed by atoms with van der Waals surface area (Å²) in [4.78, 5) is 0. The summed E-state index contributed by atoms with van der Waals surface area (Å²) in [6.45, 7) is 1.60. The van der Waals surface area contributed by atoms with Crippen molar-refractivity contribution in [1.29, 1.82) is 0 Å². The number of benzene rings is 1. The first-order chi connectivity index (χ1) is 9.33. The van der Waals surface area contributed by atoms with E-state index in [0.717, 1.165) is 23.5 Å². The molecule has 0 bridgehead atoms. The normalized spacial score (nSPS) is 11.6. The van der Waals surface area contributed by atoms with E-state index in [1.807, 2.05) is 4.72 Å². The molecule has 108 valence electrons. The summed E-state index contributed by atoms with van der Waals surface area (Å²) in [5.74, 6) is -1.51. The number of hydrogen-bond acceptors (Lipinski definition) is 4. The predicted molar refractivity (Wildman–Crippen MR) is 74.1 cm³/mol. The van der Waals surface area contributed by atoms with Crippen LogP contribution in [0.4, 0.5) is 14.5 Å². The van der Waals surface area contributed by atoms with Crippen LogP contribution in [0.15, 0.2) is 27.8 Å². The van der Waals surface area contributed by atoms with Crippen LogP contribution in [0.5, 0.6) is 0 Å². The standard InChI is InChI=1S/C12H12F2N2O2S2/c1-7-2-10(14)11(4-9(7)13)16-20(17,18)12-3-8(5-15)6-19-12/h2-4,6,16H,5,15H2,1H3. The molecule has 0 spiro atoms. The molecule has 8 heteroatoms. The summed E-state index contributed by atoms with van der Waals surface area (Å²) in [5, 5.41) is 1.60. The fraction of sp³-hybridized carbons (Fsp3) is 0.167. The van der Waals surface area contributed by atoms with Crippen molar-refractivity contribution in [2.75, 3.05) is 4.72 Å². The Morgan fingerprint density at radius 2 is 1.95 bits per heavy atom. The number of hydrogen-bond donors (Lipinski definition) is 2. The molecule has 0 amide bonds. The zero-order valence-corrected chi connectivity index (χ0v) is 12.1. The lowest BCUT2D eigenvalue weighted by Gasteiger charge is -2.08. The van der Waals surface area contributed by atoms with E-state index in [2.05, 4.69) is 0 Å². The first-order valence-electron chi connectivity index (χ1n) is 5.59. The third kappa shape index (κ3) is 2.97. The molecule has 2 aromatic rings. The van der Waals surface area contributed by atoms with Crippen molar-refractivity contribution in [2.24, 2.45) is 5.73 Å². The number of nitrogens with two attached hydrogens (primary N) is 1. The number of sulfonamides is 1. The zero-order chi connectivity index (χ0) is 14.9. The third-order valence-corrected chi connectivity index (χ3v) is 5.48. The van der Waals surface area contributed by atoms with Crippen LogP contribution in [0.2, 0.25) is 0 Å². The van der Waals surface area contributed by atoms with Crippen molar-refractivity contribution < 1.29 is 17.2 Å². The summed E-state index contributed by atoms with van der Waals surface area (Å²) in [6, 6.07) is 3.15. The highest BCUT2D eigenvalue weighted by molar-refractivity contribution is 7.94. The van der Waals surface area contributed by atoms with Gasteiger partial charge in [-0.2, -0.15) is 0 Å². The number of aryl methyl sites for hydroxylation is 1. The highest BCUT2D eigenvalue weighted by atomic mass is 32.2. The number of rotatable bonds is 4. The van der Waals surface area contributed by atoms with E-state index < -0.39 is 27.3 Å². The van der Waals surface area contributed by atoms with Gasteiger partial charge in [-0.3, -0.25) is 4.72 Å². The average Bonchev–Trinajstić information content (AvgIpc) is 2.85. The molecule has 0 aliphatic heterocycles. The molecule has 0 aliphatic rings. The molecule has 4 nitrogen and oxygen atoms in total. The van der Waals surface area contributed by atoms with Crippen LogP contribution >= 0.6 is 11.3 Å². The van der Waals surface area contributed by atoms with E-state index in [0.29, 0.717) is 5.56 Å². The summed E-state index contributed by atoms with van der Waals surface area (Å²) >= 11 is 0.967. The summed E-state index contributed by atoms with van der Waals surface area (Å²) < 4.78 is 53.1. The van der Waals surface area contributed by atoms with Crippen LogP contribution in [-0.2, 0) is 16.6 Å². The van der Waals surface area contributed by atoms with Gasteiger partial charge in [-0.15, -0.1) is 11.3 Å². The quantitative estimate of drug-likeness (QED) is 0.910. The van der Waals surface area contributed by atoms with Crippen molar-refractivity contribution in [2.45, 2.75) is 17.7 Å².